The van der Waals surface area contributed by atoms with E-state index in [0.717, 1.165) is 51.9 Å². The SMILES string of the molecule is CCCC1(C(=O)NCC2CCN(CC)C2)CCCN1. The molecule has 0 bridgehead atoms. The first-order valence-corrected chi connectivity index (χ1v) is 7.96. The average molecular weight is 267 g/mol. The molecule has 2 fully saturated rings. The minimum absolute atomic E-state index is 0.238. The van der Waals surface area contributed by atoms with Gasteiger partial charge in [0.05, 0.1) is 5.54 Å². The molecule has 1 amide bonds. The fourth-order valence-corrected chi connectivity index (χ4v) is 3.53. The monoisotopic (exact) mass is 267 g/mol. The second-order valence-corrected chi connectivity index (χ2v) is 6.12. The number of nitrogens with zero attached hydrogens (tertiary/aromatic N) is 1. The second kappa shape index (κ2) is 6.71. The van der Waals surface area contributed by atoms with Crippen molar-refractivity contribution in [2.75, 3.05) is 32.7 Å². The summed E-state index contributed by atoms with van der Waals surface area (Å²) in [5.41, 5.74) is -0.266. The molecule has 0 aliphatic carbocycles. The van der Waals surface area contributed by atoms with Crippen molar-refractivity contribution in [3.63, 3.8) is 0 Å². The third-order valence-electron chi connectivity index (χ3n) is 4.72. The van der Waals surface area contributed by atoms with Crippen molar-refractivity contribution in [1.29, 1.82) is 0 Å². The largest absolute Gasteiger partial charge is 0.354 e. The van der Waals surface area contributed by atoms with E-state index >= 15 is 0 Å². The van der Waals surface area contributed by atoms with Gasteiger partial charge in [-0.1, -0.05) is 20.3 Å². The second-order valence-electron chi connectivity index (χ2n) is 6.12. The van der Waals surface area contributed by atoms with Crippen LogP contribution in [0.15, 0.2) is 0 Å². The molecule has 0 saturated carbocycles. The average Bonchev–Trinajstić information content (AvgIpc) is 3.05. The standard InChI is InChI=1S/C15H29N3O/c1-3-7-15(8-5-9-17-15)14(19)16-11-13-6-10-18(4-2)12-13/h13,17H,3-12H2,1-2H3,(H,16,19). The summed E-state index contributed by atoms with van der Waals surface area (Å²) in [4.78, 5) is 14.9. The molecule has 2 N–H and O–H groups in total. The zero-order valence-corrected chi connectivity index (χ0v) is 12.5. The van der Waals surface area contributed by atoms with E-state index in [-0.39, 0.29) is 11.4 Å². The van der Waals surface area contributed by atoms with Crippen molar-refractivity contribution < 1.29 is 4.79 Å². The molecule has 0 aromatic heterocycles. The number of carbonyl (C=O) groups excluding carboxylic acids is 1. The number of hydrogen-bond donors (Lipinski definition) is 2. The molecule has 0 spiro atoms. The molecule has 2 aliphatic heterocycles. The Hall–Kier alpha value is -0.610. The van der Waals surface area contributed by atoms with E-state index in [1.165, 1.54) is 13.0 Å². The lowest BCUT2D eigenvalue weighted by Gasteiger charge is -2.28. The third-order valence-corrected chi connectivity index (χ3v) is 4.72. The number of carbonyl (C=O) groups is 1. The Kier molecular flexibility index (Phi) is 5.22. The fraction of sp³-hybridized carbons (Fsp3) is 0.933. The molecular formula is C15H29N3O. The maximum Gasteiger partial charge on any atom is 0.240 e. The summed E-state index contributed by atoms with van der Waals surface area (Å²) in [6.45, 7) is 9.67. The molecule has 19 heavy (non-hydrogen) atoms. The van der Waals surface area contributed by atoms with E-state index in [1.54, 1.807) is 0 Å². The van der Waals surface area contributed by atoms with Crippen LogP contribution in [0.3, 0.4) is 0 Å². The van der Waals surface area contributed by atoms with Gasteiger partial charge in [0.2, 0.25) is 5.91 Å². The van der Waals surface area contributed by atoms with E-state index in [9.17, 15) is 4.79 Å². The Morgan fingerprint density at radius 2 is 2.32 bits per heavy atom. The van der Waals surface area contributed by atoms with E-state index in [2.05, 4.69) is 29.4 Å². The first-order valence-electron chi connectivity index (χ1n) is 7.96. The van der Waals surface area contributed by atoms with Crippen molar-refractivity contribution in [3.05, 3.63) is 0 Å². The molecular weight excluding hydrogens is 238 g/mol. The summed E-state index contributed by atoms with van der Waals surface area (Å²) >= 11 is 0. The van der Waals surface area contributed by atoms with Gasteiger partial charge in [0, 0.05) is 13.1 Å². The van der Waals surface area contributed by atoms with Gasteiger partial charge in [-0.3, -0.25) is 4.79 Å². The molecule has 2 atom stereocenters. The van der Waals surface area contributed by atoms with Crippen LogP contribution in [0.4, 0.5) is 0 Å². The van der Waals surface area contributed by atoms with Crippen LogP contribution in [-0.4, -0.2) is 49.1 Å². The number of nitrogens with one attached hydrogen (secondary N) is 2. The first kappa shape index (κ1) is 14.8. The maximum absolute atomic E-state index is 12.5. The van der Waals surface area contributed by atoms with Crippen LogP contribution >= 0.6 is 0 Å². The van der Waals surface area contributed by atoms with E-state index < -0.39 is 0 Å². The molecule has 2 heterocycles. The molecule has 2 saturated heterocycles. The van der Waals surface area contributed by atoms with Gasteiger partial charge in [0.15, 0.2) is 0 Å². The highest BCUT2D eigenvalue weighted by molar-refractivity contribution is 5.86. The smallest absolute Gasteiger partial charge is 0.240 e. The Morgan fingerprint density at radius 1 is 1.47 bits per heavy atom. The van der Waals surface area contributed by atoms with Crippen molar-refractivity contribution in [3.8, 4) is 0 Å². The Labute approximate surface area is 117 Å². The molecule has 0 radical (unpaired) electrons. The molecule has 2 rings (SSSR count). The van der Waals surface area contributed by atoms with Crippen LogP contribution in [0.5, 0.6) is 0 Å². The van der Waals surface area contributed by atoms with Crippen LogP contribution in [0.1, 0.15) is 46.0 Å². The van der Waals surface area contributed by atoms with Gasteiger partial charge >= 0.3 is 0 Å². The molecule has 0 aromatic carbocycles. The lowest BCUT2D eigenvalue weighted by atomic mass is 9.90. The maximum atomic E-state index is 12.5. The van der Waals surface area contributed by atoms with Crippen LogP contribution in [0.25, 0.3) is 0 Å². The van der Waals surface area contributed by atoms with Gasteiger partial charge in [-0.25, -0.2) is 0 Å². The topological polar surface area (TPSA) is 44.4 Å². The van der Waals surface area contributed by atoms with Crippen molar-refractivity contribution >= 4 is 5.91 Å². The zero-order valence-electron chi connectivity index (χ0n) is 12.5. The van der Waals surface area contributed by atoms with Crippen LogP contribution in [-0.2, 0) is 4.79 Å². The van der Waals surface area contributed by atoms with Crippen molar-refractivity contribution in [1.82, 2.24) is 15.5 Å². The minimum atomic E-state index is -0.266. The Morgan fingerprint density at radius 3 is 2.89 bits per heavy atom. The van der Waals surface area contributed by atoms with E-state index in [4.69, 9.17) is 0 Å². The zero-order chi connectivity index (χ0) is 13.7. The molecule has 2 unspecified atom stereocenters. The fourth-order valence-electron chi connectivity index (χ4n) is 3.53. The highest BCUT2D eigenvalue weighted by Gasteiger charge is 2.40. The number of likely N-dealkylation sites (tertiary alicyclic amines) is 1. The predicted molar refractivity (Wildman–Crippen MR) is 78.1 cm³/mol. The van der Waals surface area contributed by atoms with Gasteiger partial charge in [0.1, 0.15) is 0 Å². The van der Waals surface area contributed by atoms with Gasteiger partial charge in [0.25, 0.3) is 0 Å². The van der Waals surface area contributed by atoms with E-state index in [0.29, 0.717) is 5.92 Å². The summed E-state index contributed by atoms with van der Waals surface area (Å²) in [6, 6.07) is 0. The molecule has 110 valence electrons. The highest BCUT2D eigenvalue weighted by atomic mass is 16.2. The number of rotatable bonds is 6. The van der Waals surface area contributed by atoms with Crippen LogP contribution in [0.2, 0.25) is 0 Å². The van der Waals surface area contributed by atoms with Crippen LogP contribution < -0.4 is 10.6 Å². The minimum Gasteiger partial charge on any atom is -0.354 e. The third kappa shape index (κ3) is 3.48. The molecule has 0 aromatic rings. The number of hydrogen-bond acceptors (Lipinski definition) is 3. The van der Waals surface area contributed by atoms with Crippen molar-refractivity contribution in [2.24, 2.45) is 5.92 Å². The lowest BCUT2D eigenvalue weighted by Crippen LogP contribution is -2.54. The van der Waals surface area contributed by atoms with Gasteiger partial charge < -0.3 is 15.5 Å². The summed E-state index contributed by atoms with van der Waals surface area (Å²) in [5.74, 6) is 0.880. The predicted octanol–water partition coefficient (Wildman–Crippen LogP) is 1.37. The summed E-state index contributed by atoms with van der Waals surface area (Å²) in [5, 5.41) is 6.65. The van der Waals surface area contributed by atoms with Gasteiger partial charge in [-0.2, -0.15) is 0 Å². The van der Waals surface area contributed by atoms with Gasteiger partial charge in [-0.15, -0.1) is 0 Å². The summed E-state index contributed by atoms with van der Waals surface area (Å²) in [6.07, 6.45) is 5.37. The lowest BCUT2D eigenvalue weighted by molar-refractivity contribution is -0.127. The first-order chi connectivity index (χ1) is 9.20. The molecule has 4 heteroatoms. The van der Waals surface area contributed by atoms with E-state index in [1.807, 2.05) is 0 Å². The quantitative estimate of drug-likeness (QED) is 0.764. The molecule has 2 aliphatic rings. The molecule has 4 nitrogen and oxygen atoms in total. The Bertz CT molecular complexity index is 300. The summed E-state index contributed by atoms with van der Waals surface area (Å²) in [7, 11) is 0. The summed E-state index contributed by atoms with van der Waals surface area (Å²) < 4.78 is 0. The van der Waals surface area contributed by atoms with Gasteiger partial charge in [-0.05, 0) is 51.2 Å². The van der Waals surface area contributed by atoms with Crippen molar-refractivity contribution in [2.45, 2.75) is 51.5 Å². The number of amides is 1. The highest BCUT2D eigenvalue weighted by Crippen LogP contribution is 2.25. The Balaban J connectivity index is 1.80. The van der Waals surface area contributed by atoms with Crippen LogP contribution in [0, 0.1) is 5.92 Å². The normalized spacial score (nSPS) is 31.8.